The molecule has 0 aliphatic rings. The molecule has 0 heterocycles. The Bertz CT molecular complexity index is 900. The highest BCUT2D eigenvalue weighted by Gasteiger charge is 2.12. The van der Waals surface area contributed by atoms with Gasteiger partial charge in [-0.15, -0.1) is 0 Å². The molecular weight excluding hydrogens is 403 g/mol. The second-order valence-corrected chi connectivity index (χ2v) is 7.02. The Balaban J connectivity index is 1.72. The van der Waals surface area contributed by atoms with E-state index in [1.165, 1.54) is 6.07 Å². The number of nitrogens with one attached hydrogen (secondary N) is 2. The molecule has 148 valence electrons. The van der Waals surface area contributed by atoms with Crippen LogP contribution in [0.4, 0.5) is 11.4 Å². The Hall–Kier alpha value is -2.57. The average Bonchev–Trinajstić information content (AvgIpc) is 2.63. The van der Waals surface area contributed by atoms with E-state index in [4.69, 9.17) is 27.9 Å². The molecule has 0 aliphatic carbocycles. The number of amides is 2. The number of esters is 1. The van der Waals surface area contributed by atoms with Gasteiger partial charge in [-0.1, -0.05) is 40.9 Å². The SMILES string of the molecule is Cc1ccc(NC(=O)CCC(=O)OCC(=O)Nc2ccc(Cl)c(Cl)c2)c(C)c1. The first kappa shape index (κ1) is 21.7. The van der Waals surface area contributed by atoms with Crippen LogP contribution in [-0.2, 0) is 19.1 Å². The van der Waals surface area contributed by atoms with Gasteiger partial charge in [-0.05, 0) is 43.7 Å². The standard InChI is InChI=1S/C20H20Cl2N2O4/c1-12-3-6-17(13(2)9-12)24-18(25)7-8-20(27)28-11-19(26)23-14-4-5-15(21)16(22)10-14/h3-6,9-10H,7-8,11H2,1-2H3,(H,23,26)(H,24,25). The fourth-order valence-corrected chi connectivity index (χ4v) is 2.67. The van der Waals surface area contributed by atoms with Crippen LogP contribution in [0.3, 0.4) is 0 Å². The first-order valence-electron chi connectivity index (χ1n) is 8.52. The van der Waals surface area contributed by atoms with Crippen LogP contribution >= 0.6 is 23.2 Å². The molecule has 0 aliphatic heterocycles. The summed E-state index contributed by atoms with van der Waals surface area (Å²) in [7, 11) is 0. The lowest BCUT2D eigenvalue weighted by atomic mass is 10.1. The summed E-state index contributed by atoms with van der Waals surface area (Å²) in [6.07, 6.45) is -0.169. The van der Waals surface area contributed by atoms with E-state index in [-0.39, 0.29) is 18.7 Å². The maximum absolute atomic E-state index is 12.0. The minimum Gasteiger partial charge on any atom is -0.456 e. The number of ether oxygens (including phenoxy) is 1. The highest BCUT2D eigenvalue weighted by Crippen LogP contribution is 2.24. The molecule has 8 heteroatoms. The number of aryl methyl sites for hydroxylation is 2. The van der Waals surface area contributed by atoms with Gasteiger partial charge in [0.2, 0.25) is 5.91 Å². The molecule has 0 saturated heterocycles. The summed E-state index contributed by atoms with van der Waals surface area (Å²) in [5.41, 5.74) is 3.17. The van der Waals surface area contributed by atoms with Crippen LogP contribution in [0.25, 0.3) is 0 Å². The average molecular weight is 423 g/mol. The number of hydrogen-bond donors (Lipinski definition) is 2. The summed E-state index contributed by atoms with van der Waals surface area (Å²) < 4.78 is 4.88. The lowest BCUT2D eigenvalue weighted by Crippen LogP contribution is -2.21. The smallest absolute Gasteiger partial charge is 0.306 e. The number of benzene rings is 2. The van der Waals surface area contributed by atoms with Gasteiger partial charge in [0.25, 0.3) is 5.91 Å². The van der Waals surface area contributed by atoms with Crippen LogP contribution in [0.1, 0.15) is 24.0 Å². The van der Waals surface area contributed by atoms with Crippen molar-refractivity contribution in [1.29, 1.82) is 0 Å². The molecule has 2 N–H and O–H groups in total. The minimum atomic E-state index is -0.639. The van der Waals surface area contributed by atoms with Gasteiger partial charge in [-0.2, -0.15) is 0 Å². The Kier molecular flexibility index (Phi) is 7.84. The van der Waals surface area contributed by atoms with Gasteiger partial charge < -0.3 is 15.4 Å². The van der Waals surface area contributed by atoms with Gasteiger partial charge in [-0.3, -0.25) is 14.4 Å². The number of halogens is 2. The van der Waals surface area contributed by atoms with Crippen LogP contribution in [0, 0.1) is 13.8 Å². The highest BCUT2D eigenvalue weighted by molar-refractivity contribution is 6.42. The van der Waals surface area contributed by atoms with Gasteiger partial charge in [0.15, 0.2) is 6.61 Å². The second-order valence-electron chi connectivity index (χ2n) is 6.20. The lowest BCUT2D eigenvalue weighted by Gasteiger charge is -2.09. The van der Waals surface area contributed by atoms with Crippen LogP contribution < -0.4 is 10.6 Å². The van der Waals surface area contributed by atoms with Crippen molar-refractivity contribution in [3.8, 4) is 0 Å². The van der Waals surface area contributed by atoms with Crippen LogP contribution in [-0.4, -0.2) is 24.4 Å². The summed E-state index contributed by atoms with van der Waals surface area (Å²) in [4.78, 5) is 35.5. The number of hydrogen-bond acceptors (Lipinski definition) is 4. The van der Waals surface area contributed by atoms with E-state index in [9.17, 15) is 14.4 Å². The van der Waals surface area contributed by atoms with Crippen LogP contribution in [0.15, 0.2) is 36.4 Å². The molecule has 6 nitrogen and oxygen atoms in total. The number of carbonyl (C=O) groups excluding carboxylic acids is 3. The molecule has 0 bridgehead atoms. The highest BCUT2D eigenvalue weighted by atomic mass is 35.5. The topological polar surface area (TPSA) is 84.5 Å². The molecule has 0 unspecified atom stereocenters. The van der Waals surface area contributed by atoms with E-state index in [2.05, 4.69) is 10.6 Å². The first-order chi connectivity index (χ1) is 13.2. The van der Waals surface area contributed by atoms with Crippen molar-refractivity contribution in [2.24, 2.45) is 0 Å². The van der Waals surface area contributed by atoms with E-state index in [0.717, 1.165) is 11.1 Å². The number of rotatable bonds is 7. The summed E-state index contributed by atoms with van der Waals surface area (Å²) in [6, 6.07) is 10.3. The lowest BCUT2D eigenvalue weighted by molar-refractivity contribution is -0.147. The molecule has 2 rings (SSSR count). The largest absolute Gasteiger partial charge is 0.456 e. The summed E-state index contributed by atoms with van der Waals surface area (Å²) in [6.45, 7) is 3.40. The third-order valence-corrected chi connectivity index (χ3v) is 4.52. The maximum atomic E-state index is 12.0. The summed E-state index contributed by atoms with van der Waals surface area (Å²) in [5.74, 6) is -1.46. The van der Waals surface area contributed by atoms with Crippen LogP contribution in [0.5, 0.6) is 0 Å². The van der Waals surface area contributed by atoms with Crippen molar-refractivity contribution >= 4 is 52.4 Å². The van der Waals surface area contributed by atoms with Crippen molar-refractivity contribution < 1.29 is 19.1 Å². The predicted octanol–water partition coefficient (Wildman–Crippen LogP) is 4.51. The van der Waals surface area contributed by atoms with Gasteiger partial charge in [-0.25, -0.2) is 0 Å². The Morgan fingerprint density at radius 1 is 0.893 bits per heavy atom. The number of carbonyl (C=O) groups is 3. The zero-order valence-corrected chi connectivity index (χ0v) is 17.0. The molecule has 2 aromatic rings. The van der Waals surface area contributed by atoms with Crippen molar-refractivity contribution in [3.63, 3.8) is 0 Å². The van der Waals surface area contributed by atoms with Gasteiger partial charge in [0.05, 0.1) is 16.5 Å². The molecule has 0 saturated carbocycles. The van der Waals surface area contributed by atoms with Crippen LogP contribution in [0.2, 0.25) is 10.0 Å². The van der Waals surface area contributed by atoms with Crippen molar-refractivity contribution in [2.75, 3.05) is 17.2 Å². The molecule has 0 atom stereocenters. The number of anilines is 2. The predicted molar refractivity (Wildman–Crippen MR) is 110 cm³/mol. The van der Waals surface area contributed by atoms with E-state index < -0.39 is 18.5 Å². The quantitative estimate of drug-likeness (QED) is 0.642. The molecule has 0 radical (unpaired) electrons. The molecule has 0 fully saturated rings. The van der Waals surface area contributed by atoms with Gasteiger partial charge in [0.1, 0.15) is 0 Å². The molecule has 0 aromatic heterocycles. The van der Waals surface area contributed by atoms with Crippen molar-refractivity contribution in [2.45, 2.75) is 26.7 Å². The van der Waals surface area contributed by atoms with Crippen molar-refractivity contribution in [1.82, 2.24) is 0 Å². The Morgan fingerprint density at radius 3 is 2.32 bits per heavy atom. The zero-order chi connectivity index (χ0) is 20.7. The third kappa shape index (κ3) is 6.87. The van der Waals surface area contributed by atoms with E-state index in [0.29, 0.717) is 21.4 Å². The fourth-order valence-electron chi connectivity index (χ4n) is 2.37. The van der Waals surface area contributed by atoms with E-state index in [1.54, 1.807) is 12.1 Å². The van der Waals surface area contributed by atoms with Crippen molar-refractivity contribution in [3.05, 3.63) is 57.6 Å². The monoisotopic (exact) mass is 422 g/mol. The van der Waals surface area contributed by atoms with E-state index in [1.807, 2.05) is 32.0 Å². The summed E-state index contributed by atoms with van der Waals surface area (Å²) >= 11 is 11.7. The van der Waals surface area contributed by atoms with Gasteiger partial charge >= 0.3 is 5.97 Å². The molecular formula is C20H20Cl2N2O4. The fraction of sp³-hybridized carbons (Fsp3) is 0.250. The first-order valence-corrected chi connectivity index (χ1v) is 9.28. The zero-order valence-electron chi connectivity index (χ0n) is 15.5. The molecule has 2 amide bonds. The molecule has 0 spiro atoms. The normalized spacial score (nSPS) is 10.3. The van der Waals surface area contributed by atoms with E-state index >= 15 is 0 Å². The Morgan fingerprint density at radius 2 is 1.64 bits per heavy atom. The Labute approximate surface area is 173 Å². The molecule has 2 aromatic carbocycles. The molecule has 28 heavy (non-hydrogen) atoms. The maximum Gasteiger partial charge on any atom is 0.306 e. The second kappa shape index (κ2) is 10.1. The van der Waals surface area contributed by atoms with Gasteiger partial charge in [0, 0.05) is 17.8 Å². The third-order valence-electron chi connectivity index (χ3n) is 3.78. The summed E-state index contributed by atoms with van der Waals surface area (Å²) in [5, 5.41) is 5.95. The minimum absolute atomic E-state index is 0.0411.